The van der Waals surface area contributed by atoms with Crippen LogP contribution in [-0.2, 0) is 13.2 Å². The first-order valence-corrected chi connectivity index (χ1v) is 9.72. The standard InChI is InChI=1S/C21H22F3N5O/c1-27-10-8-17(26-27)20(30)28(2)15-6-11-29(12-7-15)19-5-9-25-18-13-14(21(22,23)24)3-4-16(18)19/h3-5,8-10,13,15H,6-7,11-12H2,1-2H3. The molecule has 0 radical (unpaired) electrons. The highest BCUT2D eigenvalue weighted by Gasteiger charge is 2.31. The number of halogens is 3. The van der Waals surface area contributed by atoms with Crippen LogP contribution >= 0.6 is 0 Å². The Morgan fingerprint density at radius 1 is 1.17 bits per heavy atom. The van der Waals surface area contributed by atoms with Gasteiger partial charge in [0, 0.05) is 56.7 Å². The molecule has 1 aliphatic rings. The summed E-state index contributed by atoms with van der Waals surface area (Å²) in [4.78, 5) is 20.6. The van der Waals surface area contributed by atoms with E-state index in [1.807, 2.05) is 6.07 Å². The van der Waals surface area contributed by atoms with E-state index in [9.17, 15) is 18.0 Å². The summed E-state index contributed by atoms with van der Waals surface area (Å²) >= 11 is 0. The van der Waals surface area contributed by atoms with Crippen molar-refractivity contribution in [2.75, 3.05) is 25.0 Å². The van der Waals surface area contributed by atoms with Gasteiger partial charge in [-0.15, -0.1) is 0 Å². The molecular formula is C21H22F3N5O. The lowest BCUT2D eigenvalue weighted by Gasteiger charge is -2.38. The maximum absolute atomic E-state index is 13.0. The van der Waals surface area contributed by atoms with Crippen LogP contribution in [0.15, 0.2) is 42.7 Å². The molecule has 6 nitrogen and oxygen atoms in total. The van der Waals surface area contributed by atoms with Crippen molar-refractivity contribution in [2.24, 2.45) is 7.05 Å². The van der Waals surface area contributed by atoms with E-state index in [0.29, 0.717) is 29.7 Å². The number of piperidine rings is 1. The number of aromatic nitrogens is 3. The van der Waals surface area contributed by atoms with Crippen molar-refractivity contribution in [3.8, 4) is 0 Å². The summed E-state index contributed by atoms with van der Waals surface area (Å²) in [7, 11) is 3.56. The summed E-state index contributed by atoms with van der Waals surface area (Å²) in [5, 5.41) is 4.87. The molecule has 1 aromatic carbocycles. The number of hydrogen-bond donors (Lipinski definition) is 0. The first-order chi connectivity index (χ1) is 14.2. The molecule has 9 heteroatoms. The van der Waals surface area contributed by atoms with Crippen molar-refractivity contribution in [1.82, 2.24) is 19.7 Å². The quantitative estimate of drug-likeness (QED) is 0.652. The third-order valence-electron chi connectivity index (χ3n) is 5.65. The second-order valence-corrected chi connectivity index (χ2v) is 7.57. The van der Waals surface area contributed by atoms with Gasteiger partial charge >= 0.3 is 6.18 Å². The number of benzene rings is 1. The van der Waals surface area contributed by atoms with Gasteiger partial charge < -0.3 is 9.80 Å². The molecule has 30 heavy (non-hydrogen) atoms. The number of carbonyl (C=O) groups is 1. The van der Waals surface area contributed by atoms with E-state index in [1.54, 1.807) is 42.1 Å². The number of carbonyl (C=O) groups excluding carboxylic acids is 1. The first kappa shape index (κ1) is 20.2. The predicted molar refractivity (Wildman–Crippen MR) is 107 cm³/mol. The summed E-state index contributed by atoms with van der Waals surface area (Å²) < 4.78 is 40.6. The molecule has 3 aromatic rings. The minimum atomic E-state index is -4.39. The van der Waals surface area contributed by atoms with Crippen LogP contribution < -0.4 is 4.90 Å². The van der Waals surface area contributed by atoms with Gasteiger partial charge in [0.2, 0.25) is 0 Å². The van der Waals surface area contributed by atoms with Crippen LogP contribution in [0.3, 0.4) is 0 Å². The van der Waals surface area contributed by atoms with Crippen LogP contribution in [0, 0.1) is 0 Å². The van der Waals surface area contributed by atoms with E-state index >= 15 is 0 Å². The zero-order valence-corrected chi connectivity index (χ0v) is 16.7. The minimum absolute atomic E-state index is 0.0840. The van der Waals surface area contributed by atoms with E-state index in [-0.39, 0.29) is 11.9 Å². The Labute approximate surface area is 171 Å². The molecule has 158 valence electrons. The largest absolute Gasteiger partial charge is 0.416 e. The van der Waals surface area contributed by atoms with Crippen LogP contribution in [0.5, 0.6) is 0 Å². The molecule has 1 amide bonds. The summed E-state index contributed by atoms with van der Waals surface area (Å²) in [6, 6.07) is 7.29. The van der Waals surface area contributed by atoms with E-state index in [0.717, 1.165) is 30.7 Å². The predicted octanol–water partition coefficient (Wildman–Crippen LogP) is 3.73. The number of fused-ring (bicyclic) bond motifs is 1. The van der Waals surface area contributed by atoms with Crippen molar-refractivity contribution >= 4 is 22.5 Å². The lowest BCUT2D eigenvalue weighted by Crippen LogP contribution is -2.45. The van der Waals surface area contributed by atoms with Gasteiger partial charge in [-0.2, -0.15) is 18.3 Å². The fourth-order valence-corrected chi connectivity index (χ4v) is 3.95. The van der Waals surface area contributed by atoms with Crippen LogP contribution in [0.1, 0.15) is 28.9 Å². The Bertz CT molecular complexity index is 1070. The number of amides is 1. The molecule has 4 rings (SSSR count). The molecule has 0 bridgehead atoms. The molecule has 1 fully saturated rings. The summed E-state index contributed by atoms with van der Waals surface area (Å²) in [5.41, 5.74) is 0.911. The molecule has 0 atom stereocenters. The molecule has 0 unspecified atom stereocenters. The molecule has 1 saturated heterocycles. The molecule has 0 saturated carbocycles. The van der Waals surface area contributed by atoms with Gasteiger partial charge in [0.1, 0.15) is 5.69 Å². The number of aryl methyl sites for hydroxylation is 1. The van der Waals surface area contributed by atoms with Crippen LogP contribution in [0.25, 0.3) is 10.9 Å². The van der Waals surface area contributed by atoms with Gasteiger partial charge in [0.15, 0.2) is 0 Å². The average molecular weight is 417 g/mol. The number of alkyl halides is 3. The highest BCUT2D eigenvalue weighted by atomic mass is 19.4. The number of anilines is 1. The average Bonchev–Trinajstić information content (AvgIpc) is 3.17. The van der Waals surface area contributed by atoms with Gasteiger partial charge in [-0.3, -0.25) is 14.5 Å². The number of pyridine rings is 1. The Kier molecular flexibility index (Phi) is 5.13. The monoisotopic (exact) mass is 417 g/mol. The third-order valence-corrected chi connectivity index (χ3v) is 5.65. The molecule has 3 heterocycles. The van der Waals surface area contributed by atoms with E-state index < -0.39 is 11.7 Å². The minimum Gasteiger partial charge on any atom is -0.371 e. The zero-order chi connectivity index (χ0) is 21.5. The Balaban J connectivity index is 1.49. The normalized spacial score (nSPS) is 15.6. The highest BCUT2D eigenvalue weighted by molar-refractivity contribution is 5.93. The number of nitrogens with zero attached hydrogens (tertiary/aromatic N) is 5. The maximum Gasteiger partial charge on any atom is 0.416 e. The van der Waals surface area contributed by atoms with Crippen LogP contribution in [0.2, 0.25) is 0 Å². The second kappa shape index (κ2) is 7.62. The fourth-order valence-electron chi connectivity index (χ4n) is 3.95. The Morgan fingerprint density at radius 3 is 2.53 bits per heavy atom. The van der Waals surface area contributed by atoms with Crippen molar-refractivity contribution in [1.29, 1.82) is 0 Å². The van der Waals surface area contributed by atoms with Gasteiger partial charge in [0.05, 0.1) is 11.1 Å². The summed E-state index contributed by atoms with van der Waals surface area (Å²) in [5.74, 6) is -0.108. The SMILES string of the molecule is CN(C(=O)c1ccn(C)n1)C1CCN(c2ccnc3cc(C(F)(F)F)ccc23)CC1. The Hall–Kier alpha value is -3.10. The van der Waals surface area contributed by atoms with Gasteiger partial charge in [-0.05, 0) is 37.1 Å². The van der Waals surface area contributed by atoms with Crippen molar-refractivity contribution in [3.05, 3.63) is 54.0 Å². The zero-order valence-electron chi connectivity index (χ0n) is 16.7. The molecule has 0 spiro atoms. The first-order valence-electron chi connectivity index (χ1n) is 9.72. The molecule has 1 aliphatic heterocycles. The molecular weight excluding hydrogens is 395 g/mol. The highest BCUT2D eigenvalue weighted by Crippen LogP contribution is 2.34. The van der Waals surface area contributed by atoms with Crippen molar-refractivity contribution in [3.63, 3.8) is 0 Å². The van der Waals surface area contributed by atoms with E-state index in [2.05, 4.69) is 15.0 Å². The lowest BCUT2D eigenvalue weighted by atomic mass is 10.0. The van der Waals surface area contributed by atoms with Crippen molar-refractivity contribution in [2.45, 2.75) is 25.1 Å². The molecule has 0 aliphatic carbocycles. The maximum atomic E-state index is 13.0. The van der Waals surface area contributed by atoms with Gasteiger partial charge in [0.25, 0.3) is 5.91 Å². The van der Waals surface area contributed by atoms with Crippen LogP contribution in [0.4, 0.5) is 18.9 Å². The van der Waals surface area contributed by atoms with E-state index in [4.69, 9.17) is 0 Å². The summed E-state index contributed by atoms with van der Waals surface area (Å²) in [6.45, 7) is 1.40. The number of rotatable bonds is 3. The smallest absolute Gasteiger partial charge is 0.371 e. The molecule has 0 N–H and O–H groups in total. The van der Waals surface area contributed by atoms with Gasteiger partial charge in [-0.1, -0.05) is 6.07 Å². The Morgan fingerprint density at radius 2 is 1.90 bits per heavy atom. The van der Waals surface area contributed by atoms with Crippen molar-refractivity contribution < 1.29 is 18.0 Å². The lowest BCUT2D eigenvalue weighted by molar-refractivity contribution is -0.137. The van der Waals surface area contributed by atoms with E-state index in [1.165, 1.54) is 6.07 Å². The third kappa shape index (κ3) is 3.83. The molecule has 2 aromatic heterocycles. The topological polar surface area (TPSA) is 54.3 Å². The van der Waals surface area contributed by atoms with Crippen LogP contribution in [-0.4, -0.2) is 51.8 Å². The number of hydrogen-bond acceptors (Lipinski definition) is 4. The second-order valence-electron chi connectivity index (χ2n) is 7.57. The summed E-state index contributed by atoms with van der Waals surface area (Å²) in [6.07, 6.45) is 0.414. The van der Waals surface area contributed by atoms with Gasteiger partial charge in [-0.25, -0.2) is 0 Å². The fraction of sp³-hybridized carbons (Fsp3) is 0.381.